The highest BCUT2D eigenvalue weighted by Gasteiger charge is 2.05. The van der Waals surface area contributed by atoms with Crippen molar-refractivity contribution in [2.75, 3.05) is 19.8 Å². The standard InChI is InChI=1S/C19H21NO4S/c1-14-3-5-17(15(2)11-14)23-9-8-20-18(21)12-24-19(22)6-4-16-7-10-25-13-16/h3-7,10-11,13H,8-9,12H2,1-2H3,(H,20,21)/b6-4+. The highest BCUT2D eigenvalue weighted by atomic mass is 32.1. The predicted molar refractivity (Wildman–Crippen MR) is 98.7 cm³/mol. The molecule has 1 aromatic carbocycles. The summed E-state index contributed by atoms with van der Waals surface area (Å²) in [6.07, 6.45) is 2.95. The van der Waals surface area contributed by atoms with Crippen molar-refractivity contribution in [2.45, 2.75) is 13.8 Å². The lowest BCUT2D eigenvalue weighted by atomic mass is 10.1. The minimum absolute atomic E-state index is 0.309. The summed E-state index contributed by atoms with van der Waals surface area (Å²) in [7, 11) is 0. The van der Waals surface area contributed by atoms with Crippen LogP contribution in [-0.4, -0.2) is 31.6 Å². The van der Waals surface area contributed by atoms with Crippen molar-refractivity contribution in [3.63, 3.8) is 0 Å². The van der Waals surface area contributed by atoms with Gasteiger partial charge in [-0.05, 0) is 53.9 Å². The number of hydrogen-bond acceptors (Lipinski definition) is 5. The van der Waals surface area contributed by atoms with E-state index in [1.165, 1.54) is 11.6 Å². The number of thiophene rings is 1. The number of carbonyl (C=O) groups is 2. The van der Waals surface area contributed by atoms with Gasteiger partial charge in [-0.15, -0.1) is 0 Å². The van der Waals surface area contributed by atoms with Crippen molar-refractivity contribution < 1.29 is 19.1 Å². The summed E-state index contributed by atoms with van der Waals surface area (Å²) in [6, 6.07) is 7.81. The summed E-state index contributed by atoms with van der Waals surface area (Å²) < 4.78 is 10.5. The molecule has 2 rings (SSSR count). The maximum atomic E-state index is 11.6. The third kappa shape index (κ3) is 6.81. The van der Waals surface area contributed by atoms with E-state index >= 15 is 0 Å². The van der Waals surface area contributed by atoms with Crippen molar-refractivity contribution in [1.82, 2.24) is 5.32 Å². The molecule has 0 saturated carbocycles. The number of carbonyl (C=O) groups excluding carboxylic acids is 2. The molecule has 1 N–H and O–H groups in total. The number of nitrogens with one attached hydrogen (secondary N) is 1. The van der Waals surface area contributed by atoms with Crippen molar-refractivity contribution in [3.05, 3.63) is 57.8 Å². The zero-order valence-corrected chi connectivity index (χ0v) is 15.1. The van der Waals surface area contributed by atoms with Crippen molar-refractivity contribution in [2.24, 2.45) is 0 Å². The molecule has 132 valence electrons. The Bertz CT molecular complexity index is 738. The summed E-state index contributed by atoms with van der Waals surface area (Å²) in [5.41, 5.74) is 3.15. The van der Waals surface area contributed by atoms with Crippen LogP contribution in [0.15, 0.2) is 41.1 Å². The molecule has 0 atom stereocenters. The van der Waals surface area contributed by atoms with Crippen LogP contribution < -0.4 is 10.1 Å². The molecule has 2 aromatic rings. The normalized spacial score (nSPS) is 10.6. The second-order valence-corrected chi connectivity index (χ2v) is 6.25. The first-order valence-corrected chi connectivity index (χ1v) is 8.82. The van der Waals surface area contributed by atoms with Crippen LogP contribution in [0.2, 0.25) is 0 Å². The summed E-state index contributed by atoms with van der Waals surface area (Å²) >= 11 is 1.54. The van der Waals surface area contributed by atoms with Gasteiger partial charge in [0.15, 0.2) is 6.61 Å². The molecule has 5 nitrogen and oxygen atoms in total. The maximum Gasteiger partial charge on any atom is 0.331 e. The zero-order valence-electron chi connectivity index (χ0n) is 14.3. The van der Waals surface area contributed by atoms with Crippen LogP contribution in [0, 0.1) is 13.8 Å². The highest BCUT2D eigenvalue weighted by molar-refractivity contribution is 7.08. The monoisotopic (exact) mass is 359 g/mol. The Morgan fingerprint density at radius 3 is 2.80 bits per heavy atom. The van der Waals surface area contributed by atoms with E-state index in [9.17, 15) is 9.59 Å². The Labute approximate surface area is 151 Å². The van der Waals surface area contributed by atoms with Crippen molar-refractivity contribution in [3.8, 4) is 5.75 Å². The van der Waals surface area contributed by atoms with E-state index in [2.05, 4.69) is 5.32 Å². The quantitative estimate of drug-likeness (QED) is 0.447. The van der Waals surface area contributed by atoms with Gasteiger partial charge in [0, 0.05) is 6.08 Å². The van der Waals surface area contributed by atoms with Crippen molar-refractivity contribution >= 4 is 29.3 Å². The van der Waals surface area contributed by atoms with Gasteiger partial charge >= 0.3 is 5.97 Å². The van der Waals surface area contributed by atoms with Crippen LogP contribution in [0.25, 0.3) is 6.08 Å². The average Bonchev–Trinajstić information content (AvgIpc) is 3.10. The van der Waals surface area contributed by atoms with Gasteiger partial charge in [-0.1, -0.05) is 17.7 Å². The second kappa shape index (κ2) is 9.64. The molecule has 0 aliphatic heterocycles. The molecule has 6 heteroatoms. The van der Waals surface area contributed by atoms with E-state index in [1.54, 1.807) is 17.4 Å². The molecular weight excluding hydrogens is 338 g/mol. The predicted octanol–water partition coefficient (Wildman–Crippen LogP) is 3.12. The molecule has 1 heterocycles. The second-order valence-electron chi connectivity index (χ2n) is 5.47. The van der Waals surface area contributed by atoms with Gasteiger partial charge in [0.1, 0.15) is 12.4 Å². The summed E-state index contributed by atoms with van der Waals surface area (Å²) in [4.78, 5) is 23.1. The smallest absolute Gasteiger partial charge is 0.331 e. The average molecular weight is 359 g/mol. The molecule has 0 bridgehead atoms. The summed E-state index contributed by atoms with van der Waals surface area (Å²) in [5, 5.41) is 6.47. The maximum absolute atomic E-state index is 11.6. The molecule has 0 fully saturated rings. The molecule has 0 spiro atoms. The van der Waals surface area contributed by atoms with E-state index < -0.39 is 5.97 Å². The van der Waals surface area contributed by atoms with Crippen LogP contribution in [0.4, 0.5) is 0 Å². The van der Waals surface area contributed by atoms with Crippen LogP contribution in [0.1, 0.15) is 16.7 Å². The lowest BCUT2D eigenvalue weighted by Gasteiger charge is -2.10. The molecule has 1 aromatic heterocycles. The molecule has 1 amide bonds. The minimum Gasteiger partial charge on any atom is -0.491 e. The van der Waals surface area contributed by atoms with E-state index in [-0.39, 0.29) is 12.5 Å². The van der Waals surface area contributed by atoms with Crippen LogP contribution >= 0.6 is 11.3 Å². The third-order valence-corrected chi connectivity index (χ3v) is 4.01. The molecule has 0 radical (unpaired) electrons. The van der Waals surface area contributed by atoms with Gasteiger partial charge in [-0.2, -0.15) is 11.3 Å². The number of hydrogen-bond donors (Lipinski definition) is 1. The van der Waals surface area contributed by atoms with Gasteiger partial charge in [-0.25, -0.2) is 4.79 Å². The summed E-state index contributed by atoms with van der Waals surface area (Å²) in [6.45, 7) is 4.38. The number of amides is 1. The van der Waals surface area contributed by atoms with Crippen LogP contribution in [0.3, 0.4) is 0 Å². The fourth-order valence-electron chi connectivity index (χ4n) is 2.08. The number of aryl methyl sites for hydroxylation is 2. The lowest BCUT2D eigenvalue weighted by molar-refractivity contribution is -0.143. The summed E-state index contributed by atoms with van der Waals surface area (Å²) in [5.74, 6) is -0.112. The van der Waals surface area contributed by atoms with Crippen LogP contribution in [-0.2, 0) is 14.3 Å². The number of ether oxygens (including phenoxy) is 2. The topological polar surface area (TPSA) is 64.6 Å². The Balaban J connectivity index is 1.61. The van der Waals surface area contributed by atoms with E-state index in [0.717, 1.165) is 16.9 Å². The van der Waals surface area contributed by atoms with E-state index in [4.69, 9.17) is 9.47 Å². The molecule has 0 aliphatic rings. The van der Waals surface area contributed by atoms with E-state index in [1.807, 2.05) is 48.9 Å². The van der Waals surface area contributed by atoms with E-state index in [0.29, 0.717) is 13.2 Å². The Kier molecular flexibility index (Phi) is 7.22. The first-order valence-electron chi connectivity index (χ1n) is 7.88. The molecule has 0 unspecified atom stereocenters. The minimum atomic E-state index is -0.548. The van der Waals surface area contributed by atoms with Crippen LogP contribution in [0.5, 0.6) is 5.75 Å². The van der Waals surface area contributed by atoms with Gasteiger partial charge in [0.2, 0.25) is 0 Å². The number of rotatable bonds is 8. The third-order valence-electron chi connectivity index (χ3n) is 3.31. The first-order chi connectivity index (χ1) is 12.0. The highest BCUT2D eigenvalue weighted by Crippen LogP contribution is 2.18. The fourth-order valence-corrected chi connectivity index (χ4v) is 2.71. The molecule has 25 heavy (non-hydrogen) atoms. The van der Waals surface area contributed by atoms with Crippen molar-refractivity contribution in [1.29, 1.82) is 0 Å². The number of esters is 1. The Morgan fingerprint density at radius 2 is 2.08 bits per heavy atom. The Hall–Kier alpha value is -2.60. The van der Waals surface area contributed by atoms with Gasteiger partial charge in [0.25, 0.3) is 5.91 Å². The Morgan fingerprint density at radius 1 is 1.24 bits per heavy atom. The lowest BCUT2D eigenvalue weighted by Crippen LogP contribution is -2.32. The fraction of sp³-hybridized carbons (Fsp3) is 0.263. The van der Waals surface area contributed by atoms with Gasteiger partial charge in [-0.3, -0.25) is 4.79 Å². The molecule has 0 aliphatic carbocycles. The first kappa shape index (κ1) is 18.7. The van der Waals surface area contributed by atoms with Gasteiger partial charge in [0.05, 0.1) is 6.54 Å². The largest absolute Gasteiger partial charge is 0.491 e. The zero-order chi connectivity index (χ0) is 18.1. The number of benzene rings is 1. The van der Waals surface area contributed by atoms with Gasteiger partial charge < -0.3 is 14.8 Å². The molecule has 0 saturated heterocycles. The molecular formula is C19H21NO4S. The SMILES string of the molecule is Cc1ccc(OCCNC(=O)COC(=O)/C=C/c2ccsc2)c(C)c1.